The van der Waals surface area contributed by atoms with E-state index in [-0.39, 0.29) is 18.1 Å². The molecule has 0 radical (unpaired) electrons. The van der Waals surface area contributed by atoms with Crippen LogP contribution in [0.4, 0.5) is 5.00 Å². The maximum absolute atomic E-state index is 11.7. The van der Waals surface area contributed by atoms with Crippen molar-refractivity contribution in [2.75, 3.05) is 17.3 Å². The van der Waals surface area contributed by atoms with Crippen molar-refractivity contribution >= 4 is 32.1 Å². The van der Waals surface area contributed by atoms with Crippen molar-refractivity contribution in [3.05, 3.63) is 30.2 Å². The molecule has 0 fully saturated rings. The SMILES string of the molecule is Cc1nc(-c2cccnc2)sc1NC(=O)CCS(C)(=O)=O. The summed E-state index contributed by atoms with van der Waals surface area (Å²) in [5.74, 6) is -0.489. The number of aromatic nitrogens is 2. The van der Waals surface area contributed by atoms with E-state index in [1.807, 2.05) is 12.1 Å². The first-order valence-electron chi connectivity index (χ1n) is 6.20. The number of sulfone groups is 1. The van der Waals surface area contributed by atoms with E-state index < -0.39 is 9.84 Å². The molecule has 0 aliphatic carbocycles. The Hall–Kier alpha value is -1.80. The number of amides is 1. The summed E-state index contributed by atoms with van der Waals surface area (Å²) >= 11 is 1.34. The first kappa shape index (κ1) is 15.6. The fourth-order valence-corrected chi connectivity index (χ4v) is 3.12. The van der Waals surface area contributed by atoms with Gasteiger partial charge in [0.1, 0.15) is 19.8 Å². The summed E-state index contributed by atoms with van der Waals surface area (Å²) < 4.78 is 22.1. The van der Waals surface area contributed by atoms with Crippen LogP contribution in [0, 0.1) is 6.92 Å². The van der Waals surface area contributed by atoms with Crippen LogP contribution in [0.25, 0.3) is 10.6 Å². The van der Waals surface area contributed by atoms with E-state index >= 15 is 0 Å². The summed E-state index contributed by atoms with van der Waals surface area (Å²) in [6.45, 7) is 1.79. The lowest BCUT2D eigenvalue weighted by Crippen LogP contribution is -2.16. The van der Waals surface area contributed by atoms with Gasteiger partial charge < -0.3 is 5.32 Å². The number of carbonyl (C=O) groups is 1. The molecule has 0 spiro atoms. The van der Waals surface area contributed by atoms with Gasteiger partial charge in [-0.2, -0.15) is 0 Å². The fourth-order valence-electron chi connectivity index (χ4n) is 1.59. The molecule has 2 rings (SSSR count). The van der Waals surface area contributed by atoms with Crippen LogP contribution in [0.15, 0.2) is 24.5 Å². The topological polar surface area (TPSA) is 89.0 Å². The number of nitrogens with one attached hydrogen (secondary N) is 1. The second-order valence-electron chi connectivity index (χ2n) is 4.60. The van der Waals surface area contributed by atoms with Crippen molar-refractivity contribution in [2.24, 2.45) is 0 Å². The van der Waals surface area contributed by atoms with Crippen molar-refractivity contribution in [3.8, 4) is 10.6 Å². The van der Waals surface area contributed by atoms with Gasteiger partial charge in [0.05, 0.1) is 11.4 Å². The van der Waals surface area contributed by atoms with E-state index in [4.69, 9.17) is 0 Å². The van der Waals surface area contributed by atoms with Gasteiger partial charge in [-0.25, -0.2) is 13.4 Å². The Morgan fingerprint density at radius 1 is 1.43 bits per heavy atom. The molecule has 0 bridgehead atoms. The molecule has 0 saturated heterocycles. The molecule has 0 aromatic carbocycles. The van der Waals surface area contributed by atoms with Crippen molar-refractivity contribution in [1.29, 1.82) is 0 Å². The predicted molar refractivity (Wildman–Crippen MR) is 83.0 cm³/mol. The minimum absolute atomic E-state index is 0.0571. The number of aryl methyl sites for hydroxylation is 1. The van der Waals surface area contributed by atoms with Gasteiger partial charge in [0.25, 0.3) is 0 Å². The van der Waals surface area contributed by atoms with E-state index in [1.165, 1.54) is 11.3 Å². The lowest BCUT2D eigenvalue weighted by molar-refractivity contribution is -0.115. The Labute approximate surface area is 127 Å². The quantitative estimate of drug-likeness (QED) is 0.906. The van der Waals surface area contributed by atoms with Crippen molar-refractivity contribution in [1.82, 2.24) is 9.97 Å². The zero-order chi connectivity index (χ0) is 15.5. The predicted octanol–water partition coefficient (Wildman–Crippen LogP) is 1.89. The van der Waals surface area contributed by atoms with Crippen molar-refractivity contribution < 1.29 is 13.2 Å². The van der Waals surface area contributed by atoms with E-state index in [0.717, 1.165) is 16.8 Å². The number of pyridine rings is 1. The molecule has 2 aromatic rings. The first-order chi connectivity index (χ1) is 9.85. The van der Waals surface area contributed by atoms with Gasteiger partial charge in [-0.15, -0.1) is 0 Å². The van der Waals surface area contributed by atoms with E-state index in [0.29, 0.717) is 10.7 Å². The Morgan fingerprint density at radius 2 is 2.19 bits per heavy atom. The average molecular weight is 325 g/mol. The highest BCUT2D eigenvalue weighted by Crippen LogP contribution is 2.31. The van der Waals surface area contributed by atoms with Crippen molar-refractivity contribution in [2.45, 2.75) is 13.3 Å². The maximum Gasteiger partial charge on any atom is 0.226 e. The maximum atomic E-state index is 11.7. The third-order valence-corrected chi connectivity index (χ3v) is 4.73. The smallest absolute Gasteiger partial charge is 0.226 e. The van der Waals surface area contributed by atoms with Crippen LogP contribution < -0.4 is 5.32 Å². The molecule has 21 heavy (non-hydrogen) atoms. The lowest BCUT2D eigenvalue weighted by atomic mass is 10.3. The number of thiazole rings is 1. The molecule has 0 aliphatic rings. The molecular weight excluding hydrogens is 310 g/mol. The molecule has 1 amide bonds. The highest BCUT2D eigenvalue weighted by atomic mass is 32.2. The molecule has 0 unspecified atom stereocenters. The summed E-state index contributed by atoms with van der Waals surface area (Å²) in [7, 11) is -3.14. The molecule has 2 heterocycles. The van der Waals surface area contributed by atoms with Crippen LogP contribution in [-0.4, -0.2) is 36.3 Å². The summed E-state index contributed by atoms with van der Waals surface area (Å²) in [6, 6.07) is 3.71. The average Bonchev–Trinajstić information content (AvgIpc) is 2.78. The Bertz CT molecular complexity index is 739. The molecule has 112 valence electrons. The monoisotopic (exact) mass is 325 g/mol. The summed E-state index contributed by atoms with van der Waals surface area (Å²) in [5, 5.41) is 4.10. The highest BCUT2D eigenvalue weighted by molar-refractivity contribution is 7.90. The van der Waals surface area contributed by atoms with Crippen LogP contribution in [0.1, 0.15) is 12.1 Å². The summed E-state index contributed by atoms with van der Waals surface area (Å²) in [5.41, 5.74) is 1.58. The minimum Gasteiger partial charge on any atom is -0.316 e. The second-order valence-corrected chi connectivity index (χ2v) is 7.86. The van der Waals surface area contributed by atoms with Gasteiger partial charge in [0.15, 0.2) is 0 Å². The van der Waals surface area contributed by atoms with Crippen LogP contribution in [-0.2, 0) is 14.6 Å². The molecular formula is C13H15N3O3S2. The first-order valence-corrected chi connectivity index (χ1v) is 9.08. The lowest BCUT2D eigenvalue weighted by Gasteiger charge is -2.02. The third-order valence-electron chi connectivity index (χ3n) is 2.66. The number of anilines is 1. The standard InChI is InChI=1S/C13H15N3O3S2/c1-9-12(16-11(17)5-7-21(2,18)19)20-13(15-9)10-4-3-6-14-8-10/h3-4,6,8H,5,7H2,1-2H3,(H,16,17). The summed E-state index contributed by atoms with van der Waals surface area (Å²) in [6.07, 6.45) is 4.43. The molecule has 0 atom stereocenters. The van der Waals surface area contributed by atoms with Crippen LogP contribution >= 0.6 is 11.3 Å². The highest BCUT2D eigenvalue weighted by Gasteiger charge is 2.13. The zero-order valence-corrected chi connectivity index (χ0v) is 13.3. The van der Waals surface area contributed by atoms with Gasteiger partial charge in [-0.1, -0.05) is 11.3 Å². The number of hydrogen-bond acceptors (Lipinski definition) is 6. The fraction of sp³-hybridized carbons (Fsp3) is 0.308. The Balaban J connectivity index is 2.08. The number of carbonyl (C=O) groups excluding carboxylic acids is 1. The summed E-state index contributed by atoms with van der Waals surface area (Å²) in [4.78, 5) is 20.2. The number of rotatable bonds is 5. The third kappa shape index (κ3) is 4.61. The molecule has 2 aromatic heterocycles. The van der Waals surface area contributed by atoms with Gasteiger partial charge in [-0.3, -0.25) is 9.78 Å². The van der Waals surface area contributed by atoms with Crippen molar-refractivity contribution in [3.63, 3.8) is 0 Å². The van der Waals surface area contributed by atoms with Gasteiger partial charge in [-0.05, 0) is 19.1 Å². The van der Waals surface area contributed by atoms with Gasteiger partial charge in [0.2, 0.25) is 5.91 Å². The molecule has 8 heteroatoms. The van der Waals surface area contributed by atoms with E-state index in [1.54, 1.807) is 19.3 Å². The Kier molecular flexibility index (Phi) is 4.69. The molecule has 6 nitrogen and oxygen atoms in total. The number of hydrogen-bond donors (Lipinski definition) is 1. The molecule has 0 aliphatic heterocycles. The largest absolute Gasteiger partial charge is 0.316 e. The zero-order valence-electron chi connectivity index (χ0n) is 11.7. The van der Waals surface area contributed by atoms with E-state index in [2.05, 4.69) is 15.3 Å². The Morgan fingerprint density at radius 3 is 2.81 bits per heavy atom. The van der Waals surface area contributed by atoms with Crippen LogP contribution in [0.3, 0.4) is 0 Å². The number of nitrogens with zero attached hydrogens (tertiary/aromatic N) is 2. The minimum atomic E-state index is -3.14. The van der Waals surface area contributed by atoms with Crippen LogP contribution in [0.5, 0.6) is 0 Å². The van der Waals surface area contributed by atoms with E-state index in [9.17, 15) is 13.2 Å². The molecule has 0 saturated carbocycles. The normalized spacial score (nSPS) is 11.3. The van der Waals surface area contributed by atoms with Gasteiger partial charge >= 0.3 is 0 Å². The molecule has 1 N–H and O–H groups in total. The van der Waals surface area contributed by atoms with Gasteiger partial charge in [0, 0.05) is 30.6 Å². The second kappa shape index (κ2) is 6.31. The van der Waals surface area contributed by atoms with Crippen LogP contribution in [0.2, 0.25) is 0 Å².